The molecule has 0 aliphatic carbocycles. The minimum atomic E-state index is -0.458. The first-order valence-corrected chi connectivity index (χ1v) is 3.19. The standard InChI is InChI=1S/C6H9NO3/c1-2-9-6(8)5-7-3-4-10-5/h2-4H2,1H3. The van der Waals surface area contributed by atoms with Crippen molar-refractivity contribution in [2.75, 3.05) is 19.8 Å². The number of aliphatic imine (C=N–C) groups is 1. The Hall–Kier alpha value is -1.06. The number of hydrogen-bond acceptors (Lipinski definition) is 4. The Bertz CT molecular complexity index is 164. The molecule has 1 aliphatic heterocycles. The highest BCUT2D eigenvalue weighted by Gasteiger charge is 2.17. The van der Waals surface area contributed by atoms with Crippen LogP contribution in [0.2, 0.25) is 0 Å². The van der Waals surface area contributed by atoms with Crippen LogP contribution in [0.15, 0.2) is 4.99 Å². The molecule has 0 atom stereocenters. The molecule has 1 rings (SSSR count). The van der Waals surface area contributed by atoms with Gasteiger partial charge < -0.3 is 9.47 Å². The fourth-order valence-corrected chi connectivity index (χ4v) is 0.651. The van der Waals surface area contributed by atoms with Crippen molar-refractivity contribution in [1.82, 2.24) is 0 Å². The number of carbonyl (C=O) groups excluding carboxylic acids is 1. The van der Waals surface area contributed by atoms with Crippen LogP contribution in [0.4, 0.5) is 0 Å². The van der Waals surface area contributed by atoms with E-state index in [1.165, 1.54) is 0 Å². The Balaban J connectivity index is 2.40. The van der Waals surface area contributed by atoms with Gasteiger partial charge >= 0.3 is 5.97 Å². The van der Waals surface area contributed by atoms with Gasteiger partial charge in [-0.05, 0) is 6.92 Å². The number of ether oxygens (including phenoxy) is 2. The number of hydrogen-bond donors (Lipinski definition) is 0. The molecular formula is C6H9NO3. The molecule has 0 bridgehead atoms. The van der Waals surface area contributed by atoms with Crippen molar-refractivity contribution in [3.8, 4) is 0 Å². The van der Waals surface area contributed by atoms with E-state index in [4.69, 9.17) is 4.74 Å². The highest BCUT2D eigenvalue weighted by molar-refractivity contribution is 6.32. The van der Waals surface area contributed by atoms with E-state index in [9.17, 15) is 4.79 Å². The van der Waals surface area contributed by atoms with Crippen molar-refractivity contribution in [3.63, 3.8) is 0 Å². The van der Waals surface area contributed by atoms with E-state index in [0.29, 0.717) is 19.8 Å². The van der Waals surface area contributed by atoms with E-state index in [0.717, 1.165) is 0 Å². The van der Waals surface area contributed by atoms with Gasteiger partial charge in [0, 0.05) is 0 Å². The molecule has 0 N–H and O–H groups in total. The van der Waals surface area contributed by atoms with Gasteiger partial charge in [-0.15, -0.1) is 0 Å². The molecule has 0 spiro atoms. The molecule has 56 valence electrons. The number of esters is 1. The maximum atomic E-state index is 10.8. The van der Waals surface area contributed by atoms with Gasteiger partial charge in [-0.25, -0.2) is 9.79 Å². The summed E-state index contributed by atoms with van der Waals surface area (Å²) in [5.41, 5.74) is 0. The second-order valence-corrected chi connectivity index (χ2v) is 1.76. The molecular weight excluding hydrogens is 134 g/mol. The van der Waals surface area contributed by atoms with Crippen LogP contribution in [0.25, 0.3) is 0 Å². The van der Waals surface area contributed by atoms with Crippen molar-refractivity contribution in [2.24, 2.45) is 4.99 Å². The second-order valence-electron chi connectivity index (χ2n) is 1.76. The summed E-state index contributed by atoms with van der Waals surface area (Å²) < 4.78 is 9.47. The van der Waals surface area contributed by atoms with E-state index in [1.807, 2.05) is 0 Å². The monoisotopic (exact) mass is 143 g/mol. The van der Waals surface area contributed by atoms with Crippen molar-refractivity contribution in [3.05, 3.63) is 0 Å². The van der Waals surface area contributed by atoms with Gasteiger partial charge in [0.05, 0.1) is 13.2 Å². The number of rotatable bonds is 2. The van der Waals surface area contributed by atoms with Crippen LogP contribution in [0, 0.1) is 0 Å². The summed E-state index contributed by atoms with van der Waals surface area (Å²) in [5, 5.41) is 0. The first kappa shape index (κ1) is 7.05. The van der Waals surface area contributed by atoms with E-state index in [-0.39, 0.29) is 5.90 Å². The average molecular weight is 143 g/mol. The van der Waals surface area contributed by atoms with Crippen molar-refractivity contribution < 1.29 is 14.3 Å². The second kappa shape index (κ2) is 3.20. The molecule has 4 heteroatoms. The SMILES string of the molecule is CCOC(=O)C1=NCCO1. The van der Waals surface area contributed by atoms with Gasteiger partial charge in [-0.2, -0.15) is 0 Å². The van der Waals surface area contributed by atoms with Crippen molar-refractivity contribution in [2.45, 2.75) is 6.92 Å². The van der Waals surface area contributed by atoms with Gasteiger partial charge in [-0.1, -0.05) is 0 Å². The molecule has 1 heterocycles. The molecule has 0 amide bonds. The zero-order valence-corrected chi connectivity index (χ0v) is 5.79. The van der Waals surface area contributed by atoms with E-state index in [2.05, 4.69) is 9.73 Å². The smallest absolute Gasteiger partial charge is 0.393 e. The summed E-state index contributed by atoms with van der Waals surface area (Å²) in [6.45, 7) is 3.16. The Morgan fingerprint density at radius 2 is 2.70 bits per heavy atom. The lowest BCUT2D eigenvalue weighted by molar-refractivity contribution is -0.136. The molecule has 0 fully saturated rings. The average Bonchev–Trinajstić information content (AvgIpc) is 2.38. The predicted octanol–water partition coefficient (Wildman–Crippen LogP) is -0.0218. The summed E-state index contributed by atoms with van der Waals surface area (Å²) in [4.78, 5) is 14.5. The van der Waals surface area contributed by atoms with Gasteiger partial charge in [0.15, 0.2) is 0 Å². The molecule has 0 aromatic heterocycles. The van der Waals surface area contributed by atoms with Crippen LogP contribution in [-0.4, -0.2) is 31.6 Å². The van der Waals surface area contributed by atoms with Crippen molar-refractivity contribution >= 4 is 11.9 Å². The number of nitrogens with zero attached hydrogens (tertiary/aromatic N) is 1. The van der Waals surface area contributed by atoms with Crippen LogP contribution in [0.3, 0.4) is 0 Å². The molecule has 10 heavy (non-hydrogen) atoms. The quantitative estimate of drug-likeness (QED) is 0.510. The lowest BCUT2D eigenvalue weighted by Gasteiger charge is -1.99. The lowest BCUT2D eigenvalue weighted by atomic mass is 10.6. The minimum Gasteiger partial charge on any atom is -0.471 e. The molecule has 0 saturated heterocycles. The summed E-state index contributed by atoms with van der Waals surface area (Å²) >= 11 is 0. The summed E-state index contributed by atoms with van der Waals surface area (Å²) in [7, 11) is 0. The molecule has 1 aliphatic rings. The van der Waals surface area contributed by atoms with E-state index >= 15 is 0 Å². The number of carbonyl (C=O) groups is 1. The predicted molar refractivity (Wildman–Crippen MR) is 34.9 cm³/mol. The molecule has 0 aromatic carbocycles. The lowest BCUT2D eigenvalue weighted by Crippen LogP contribution is -2.17. The first-order chi connectivity index (χ1) is 4.84. The first-order valence-electron chi connectivity index (χ1n) is 3.19. The summed E-state index contributed by atoms with van der Waals surface area (Å²) in [5.74, 6) is -0.346. The van der Waals surface area contributed by atoms with Crippen LogP contribution in [0.5, 0.6) is 0 Å². The highest BCUT2D eigenvalue weighted by atomic mass is 16.6. The molecule has 0 saturated carbocycles. The third-order valence-corrected chi connectivity index (χ3v) is 1.04. The van der Waals surface area contributed by atoms with Crippen molar-refractivity contribution in [1.29, 1.82) is 0 Å². The molecule has 0 radical (unpaired) electrons. The minimum absolute atomic E-state index is 0.113. The van der Waals surface area contributed by atoms with Crippen LogP contribution in [0.1, 0.15) is 6.92 Å². The maximum absolute atomic E-state index is 10.8. The summed E-state index contributed by atoms with van der Waals surface area (Å²) in [6, 6.07) is 0. The fourth-order valence-electron chi connectivity index (χ4n) is 0.651. The third kappa shape index (κ3) is 1.46. The third-order valence-electron chi connectivity index (χ3n) is 1.04. The van der Waals surface area contributed by atoms with Gasteiger partial charge in [0.25, 0.3) is 5.90 Å². The Kier molecular flexibility index (Phi) is 2.25. The fraction of sp³-hybridized carbons (Fsp3) is 0.667. The Morgan fingerprint density at radius 1 is 1.90 bits per heavy atom. The zero-order valence-electron chi connectivity index (χ0n) is 5.79. The maximum Gasteiger partial charge on any atom is 0.393 e. The van der Waals surface area contributed by atoms with Crippen LogP contribution in [-0.2, 0) is 14.3 Å². The Morgan fingerprint density at radius 3 is 3.20 bits per heavy atom. The van der Waals surface area contributed by atoms with Gasteiger partial charge in [0.2, 0.25) is 0 Å². The van der Waals surface area contributed by atoms with Gasteiger partial charge in [0.1, 0.15) is 6.61 Å². The molecule has 4 nitrogen and oxygen atoms in total. The van der Waals surface area contributed by atoms with E-state index < -0.39 is 5.97 Å². The highest BCUT2D eigenvalue weighted by Crippen LogP contribution is 1.95. The zero-order chi connectivity index (χ0) is 7.40. The Labute approximate surface area is 58.8 Å². The largest absolute Gasteiger partial charge is 0.471 e. The summed E-state index contributed by atoms with van der Waals surface area (Å²) in [6.07, 6.45) is 0. The van der Waals surface area contributed by atoms with Crippen LogP contribution >= 0.6 is 0 Å². The van der Waals surface area contributed by atoms with Crippen LogP contribution < -0.4 is 0 Å². The normalized spacial score (nSPS) is 15.9. The topological polar surface area (TPSA) is 47.9 Å². The van der Waals surface area contributed by atoms with E-state index in [1.54, 1.807) is 6.92 Å². The molecule has 0 aromatic rings. The van der Waals surface area contributed by atoms with Gasteiger partial charge in [-0.3, -0.25) is 0 Å². The molecule has 0 unspecified atom stereocenters.